The van der Waals surface area contributed by atoms with E-state index >= 15 is 26.3 Å². The van der Waals surface area contributed by atoms with Crippen molar-refractivity contribution < 1.29 is 166 Å². The first kappa shape index (κ1) is 54.9. The highest BCUT2D eigenvalue weighted by Crippen LogP contribution is 2.91. The molecule has 0 aliphatic heterocycles. The number of halogens is 30. The lowest BCUT2D eigenvalue weighted by molar-refractivity contribution is -0.618. The van der Waals surface area contributed by atoms with Crippen molar-refractivity contribution in [3.8, 4) is 0 Å². The van der Waals surface area contributed by atoms with E-state index in [1.807, 2.05) is 0 Å². The maximum atomic E-state index is 15.8. The molecular weight excluding hydrogens is 1050 g/mol. The fraction of sp³-hybridized carbons (Fsp3) is 1.00. The Hall–Kier alpha value is -2.38. The number of rotatable bonds is 17. The lowest BCUT2D eigenvalue weighted by Crippen LogP contribution is -3.09. The molecule has 8 bridgehead atoms. The monoisotopic (exact) mass is 1080 g/mol. The van der Waals surface area contributed by atoms with E-state index in [-0.39, 0.29) is 0 Å². The van der Waals surface area contributed by atoms with Crippen LogP contribution in [0.15, 0.2) is 0 Å². The Morgan fingerprint density at radius 2 is 0.456 bits per heavy atom. The van der Waals surface area contributed by atoms with Crippen molar-refractivity contribution in [1.82, 2.24) is 0 Å². The molecule has 8 aliphatic carbocycles. The molecule has 398 valence electrons. The van der Waals surface area contributed by atoms with Crippen LogP contribution in [-0.4, -0.2) is 192 Å². The maximum absolute atomic E-state index is 15.8. The third-order valence-electron chi connectivity index (χ3n) is 13.0. The molecule has 68 heavy (non-hydrogen) atoms. The Kier molecular flexibility index (Phi) is 11.2. The summed E-state index contributed by atoms with van der Waals surface area (Å²) in [6, 6.07) is 0. The van der Waals surface area contributed by atoms with Gasteiger partial charge in [0.2, 0.25) is 0 Å². The second-order valence-corrected chi connectivity index (χ2v) is 16.2. The second-order valence-electron chi connectivity index (χ2n) is 16.2. The lowest BCUT2D eigenvalue weighted by Gasteiger charge is -2.74. The molecule has 8 aliphatic rings. The molecule has 0 amide bonds. The van der Waals surface area contributed by atoms with E-state index in [4.69, 9.17) is 4.74 Å². The van der Waals surface area contributed by atoms with Gasteiger partial charge in [-0.05, 0) is 6.42 Å². The summed E-state index contributed by atoms with van der Waals surface area (Å²) in [6.07, 6.45) is -6.99. The Morgan fingerprint density at radius 3 is 0.721 bits per heavy atom. The van der Waals surface area contributed by atoms with Gasteiger partial charge in [-0.2, -0.15) is 87.8 Å². The topological polar surface area (TPSA) is 86.6 Å². The largest absolute Gasteiger partial charge is 0.391 e. The van der Waals surface area contributed by atoms with Gasteiger partial charge in [-0.1, -0.05) is 0 Å². The zero-order valence-corrected chi connectivity index (χ0v) is 31.8. The molecule has 8 rings (SSSR count). The molecule has 0 spiro atoms. The Bertz CT molecular complexity index is 1720. The predicted molar refractivity (Wildman–Crippen MR) is 149 cm³/mol. The van der Waals surface area contributed by atoms with Gasteiger partial charge in [0, 0.05) is 6.61 Å². The van der Waals surface area contributed by atoms with Crippen molar-refractivity contribution in [2.75, 3.05) is 52.9 Å². The molecule has 2 unspecified atom stereocenters. The minimum absolute atomic E-state index is 0.726. The van der Waals surface area contributed by atoms with E-state index in [2.05, 4.69) is 18.9 Å². The van der Waals surface area contributed by atoms with Gasteiger partial charge in [0.25, 0.3) is 0 Å². The molecule has 0 aromatic heterocycles. The van der Waals surface area contributed by atoms with Crippen molar-refractivity contribution in [1.29, 1.82) is 0 Å². The fourth-order valence-electron chi connectivity index (χ4n) is 9.45. The highest BCUT2D eigenvalue weighted by molar-refractivity contribution is 5.56. The first-order valence-electron chi connectivity index (χ1n) is 18.0. The van der Waals surface area contributed by atoms with Gasteiger partial charge < -0.3 is 33.9 Å². The Labute approximate surface area is 354 Å². The molecule has 8 fully saturated rings. The molecule has 2 N–H and O–H groups in total. The molecule has 2 atom stereocenters. The van der Waals surface area contributed by atoms with Crippen LogP contribution in [0.25, 0.3) is 0 Å². The Balaban J connectivity index is 0.989. The average molecular weight is 1080 g/mol. The number of aliphatic hydroxyl groups excluding tert-OH is 2. The minimum Gasteiger partial charge on any atom is -0.391 e. The normalized spacial score (nSPS) is 47.8. The second kappa shape index (κ2) is 13.8. The zero-order valence-electron chi connectivity index (χ0n) is 31.8. The van der Waals surface area contributed by atoms with Crippen LogP contribution in [0, 0.1) is 0 Å². The number of ether oxygens (including phenoxy) is 5. The van der Waals surface area contributed by atoms with Gasteiger partial charge in [-0.25, -0.2) is 43.9 Å². The summed E-state index contributed by atoms with van der Waals surface area (Å²) in [7, 11) is 0. The quantitative estimate of drug-likeness (QED) is 0.115. The maximum Gasteiger partial charge on any atom is 0.339 e. The van der Waals surface area contributed by atoms with E-state index in [9.17, 15) is 116 Å². The summed E-state index contributed by atoms with van der Waals surface area (Å²) < 4.78 is 468. The summed E-state index contributed by atoms with van der Waals surface area (Å²) in [6.45, 7) is -11.1. The SMILES string of the molecule is OC(CCOCCOCCOCC(O)COC1(F)C2(F)C(F)(F)C3(F)C(F)(F)C(F)(C2(F)F)C(F)(F)C1(F)C3(F)F)COC1(F)C2(F)C(F)(F)C3(F)C(F)(F)C(F)(C2(F)F)C(F)(F)C1(F)C3(F)F. The molecule has 7 nitrogen and oxygen atoms in total. The van der Waals surface area contributed by atoms with Crippen LogP contribution >= 0.6 is 0 Å². The molecule has 0 aromatic rings. The summed E-state index contributed by atoms with van der Waals surface area (Å²) in [5.74, 6) is -95.2. The van der Waals surface area contributed by atoms with E-state index < -0.39 is 188 Å². The number of hydrogen-bond donors (Lipinski definition) is 2. The number of alkyl halides is 30. The van der Waals surface area contributed by atoms with Gasteiger partial charge in [0.15, 0.2) is 0 Å². The molecule has 8 saturated carbocycles. The van der Waals surface area contributed by atoms with Crippen molar-refractivity contribution in [2.24, 2.45) is 0 Å². The molecular formula is C31H22F30O7. The first-order valence-corrected chi connectivity index (χ1v) is 18.0. The van der Waals surface area contributed by atoms with E-state index in [1.165, 1.54) is 0 Å². The van der Waals surface area contributed by atoms with Crippen molar-refractivity contribution in [3.63, 3.8) is 0 Å². The van der Waals surface area contributed by atoms with Gasteiger partial charge in [-0.3, -0.25) is 0 Å². The average Bonchev–Trinajstić information content (AvgIpc) is 3.21. The van der Waals surface area contributed by atoms with E-state index in [1.54, 1.807) is 0 Å². The first-order chi connectivity index (χ1) is 30.0. The van der Waals surface area contributed by atoms with Gasteiger partial charge in [-0.15, -0.1) is 0 Å². The van der Waals surface area contributed by atoms with Gasteiger partial charge in [0.1, 0.15) is 6.10 Å². The molecule has 0 radical (unpaired) electrons. The standard InChI is InChI=1S/C31H22F30O7/c32-12-20(40,41)13(33)24(48,49)16(36,22(12,44)45)30(60,17(37,23(12,46)47)25(13,50)51)67-8-10(62)1-2-64-3-4-65-5-6-66-7-11(63)9-68-31(61)18(38)26(52,53)14(34)21(42,43)15(35,28(18,56)57)29(58,59)19(31,39)27(14,54)55/h10-11,62-63H,1-9H2. The smallest absolute Gasteiger partial charge is 0.339 e. The van der Waals surface area contributed by atoms with Crippen LogP contribution in [0.1, 0.15) is 6.42 Å². The highest BCUT2D eigenvalue weighted by atomic mass is 19.4. The van der Waals surface area contributed by atoms with Crippen molar-refractivity contribution in [2.45, 2.75) is 135 Å². The summed E-state index contributed by atoms with van der Waals surface area (Å²) >= 11 is 0. The van der Waals surface area contributed by atoms with E-state index in [0.29, 0.717) is 0 Å². The zero-order chi connectivity index (χ0) is 53.1. The third kappa shape index (κ3) is 4.38. The van der Waals surface area contributed by atoms with Crippen LogP contribution in [0.2, 0.25) is 0 Å². The third-order valence-corrected chi connectivity index (χ3v) is 13.0. The van der Waals surface area contributed by atoms with Crippen LogP contribution in [0.5, 0.6) is 0 Å². The van der Waals surface area contributed by atoms with Crippen LogP contribution in [-0.2, 0) is 23.7 Å². The lowest BCUT2D eigenvalue weighted by atomic mass is 9.40. The molecule has 0 aromatic carbocycles. The van der Waals surface area contributed by atoms with E-state index in [0.717, 1.165) is 0 Å². The highest BCUT2D eigenvalue weighted by Gasteiger charge is 3.25. The summed E-state index contributed by atoms with van der Waals surface area (Å²) in [5, 5.41) is 19.6. The molecule has 0 saturated heterocycles. The molecule has 0 heterocycles. The summed E-state index contributed by atoms with van der Waals surface area (Å²) in [5.41, 5.74) is -63.1. The van der Waals surface area contributed by atoms with Gasteiger partial charge >= 0.3 is 116 Å². The summed E-state index contributed by atoms with van der Waals surface area (Å²) in [4.78, 5) is 0. The predicted octanol–water partition coefficient (Wildman–Crippen LogP) is 7.61. The van der Waals surface area contributed by atoms with Gasteiger partial charge in [0.05, 0.1) is 52.4 Å². The van der Waals surface area contributed by atoms with Crippen molar-refractivity contribution >= 4 is 0 Å². The van der Waals surface area contributed by atoms with Crippen LogP contribution < -0.4 is 0 Å². The Morgan fingerprint density at radius 1 is 0.250 bits per heavy atom. The van der Waals surface area contributed by atoms with Crippen LogP contribution in [0.3, 0.4) is 0 Å². The minimum atomic E-state index is -8.09. The number of aliphatic hydroxyl groups is 2. The number of hydrogen-bond acceptors (Lipinski definition) is 7. The van der Waals surface area contributed by atoms with Crippen molar-refractivity contribution in [3.05, 3.63) is 0 Å². The fourth-order valence-corrected chi connectivity index (χ4v) is 9.45. The molecule has 37 heteroatoms. The van der Waals surface area contributed by atoms with Crippen LogP contribution in [0.4, 0.5) is 132 Å².